The lowest BCUT2D eigenvalue weighted by Gasteiger charge is -2.35. The molecule has 1 saturated heterocycles. The van der Waals surface area contributed by atoms with Crippen LogP contribution in [0.1, 0.15) is 33.6 Å². The Hall–Kier alpha value is -1.49. The summed E-state index contributed by atoms with van der Waals surface area (Å²) >= 11 is 0. The number of rotatable bonds is 4. The number of nitrogens with one attached hydrogen (secondary N) is 1. The zero-order chi connectivity index (χ0) is 14.7. The largest absolute Gasteiger partial charge is 0.473 e. The van der Waals surface area contributed by atoms with E-state index in [0.717, 1.165) is 25.2 Å². The van der Waals surface area contributed by atoms with E-state index < -0.39 is 0 Å². The van der Waals surface area contributed by atoms with Gasteiger partial charge >= 0.3 is 0 Å². The number of anilines is 2. The van der Waals surface area contributed by atoms with Gasteiger partial charge in [-0.2, -0.15) is 4.98 Å². The van der Waals surface area contributed by atoms with Crippen molar-refractivity contribution in [1.29, 1.82) is 0 Å². The summed E-state index contributed by atoms with van der Waals surface area (Å²) in [6, 6.07) is 4.84. The van der Waals surface area contributed by atoms with Gasteiger partial charge in [0.15, 0.2) is 0 Å². The van der Waals surface area contributed by atoms with Gasteiger partial charge in [-0.15, -0.1) is 0 Å². The van der Waals surface area contributed by atoms with E-state index in [9.17, 15) is 0 Å². The maximum Gasteiger partial charge on any atom is 0.239 e. The number of nitrogen functional groups attached to an aromatic ring is 1. The average molecular weight is 278 g/mol. The summed E-state index contributed by atoms with van der Waals surface area (Å²) in [5.41, 5.74) is 6.47. The van der Waals surface area contributed by atoms with E-state index in [1.807, 2.05) is 26.0 Å². The van der Waals surface area contributed by atoms with Crippen molar-refractivity contribution in [3.8, 4) is 5.88 Å². The number of nitrogens with zero attached hydrogens (tertiary/aromatic N) is 2. The van der Waals surface area contributed by atoms with Gasteiger partial charge in [-0.3, -0.25) is 0 Å². The SMILES string of the molecule is CC(C)Oc1nc(NC2CCN(C)C(C)C2)ccc1N. The molecule has 112 valence electrons. The van der Waals surface area contributed by atoms with Crippen LogP contribution in [0.4, 0.5) is 11.5 Å². The molecule has 5 heteroatoms. The van der Waals surface area contributed by atoms with E-state index in [4.69, 9.17) is 10.5 Å². The molecule has 0 aromatic carbocycles. The number of hydrogen-bond donors (Lipinski definition) is 2. The Morgan fingerprint density at radius 2 is 2.20 bits per heavy atom. The van der Waals surface area contributed by atoms with E-state index in [1.165, 1.54) is 0 Å². The van der Waals surface area contributed by atoms with Crippen molar-refractivity contribution in [3.05, 3.63) is 12.1 Å². The molecule has 5 nitrogen and oxygen atoms in total. The lowest BCUT2D eigenvalue weighted by Crippen LogP contribution is -2.42. The second kappa shape index (κ2) is 6.31. The highest BCUT2D eigenvalue weighted by atomic mass is 16.5. The Morgan fingerprint density at radius 1 is 1.45 bits per heavy atom. The smallest absolute Gasteiger partial charge is 0.239 e. The van der Waals surface area contributed by atoms with Crippen LogP contribution in [-0.2, 0) is 0 Å². The minimum atomic E-state index is 0.0726. The van der Waals surface area contributed by atoms with Gasteiger partial charge in [0.25, 0.3) is 0 Å². The number of piperidine rings is 1. The highest BCUT2D eigenvalue weighted by Crippen LogP contribution is 2.24. The molecule has 2 heterocycles. The number of ether oxygens (including phenoxy) is 1. The second-order valence-corrected chi connectivity index (χ2v) is 5.95. The zero-order valence-corrected chi connectivity index (χ0v) is 12.9. The molecular weight excluding hydrogens is 252 g/mol. The maximum atomic E-state index is 5.89. The molecule has 1 aromatic heterocycles. The van der Waals surface area contributed by atoms with Crippen LogP contribution in [0.5, 0.6) is 5.88 Å². The molecule has 1 aromatic rings. The second-order valence-electron chi connectivity index (χ2n) is 5.95. The topological polar surface area (TPSA) is 63.4 Å². The minimum Gasteiger partial charge on any atom is -0.473 e. The van der Waals surface area contributed by atoms with Crippen molar-refractivity contribution in [2.45, 2.75) is 51.8 Å². The van der Waals surface area contributed by atoms with Crippen molar-refractivity contribution in [2.24, 2.45) is 0 Å². The van der Waals surface area contributed by atoms with Gasteiger partial charge in [0.05, 0.1) is 11.8 Å². The molecule has 2 unspecified atom stereocenters. The number of nitrogens with two attached hydrogens (primary N) is 1. The number of aromatic nitrogens is 1. The first-order chi connectivity index (χ1) is 9.45. The van der Waals surface area contributed by atoms with Crippen LogP contribution in [0.25, 0.3) is 0 Å². The molecule has 1 fully saturated rings. The van der Waals surface area contributed by atoms with E-state index in [0.29, 0.717) is 23.7 Å². The Bertz CT molecular complexity index is 449. The molecule has 2 atom stereocenters. The zero-order valence-electron chi connectivity index (χ0n) is 12.9. The fourth-order valence-corrected chi connectivity index (χ4v) is 2.48. The third kappa shape index (κ3) is 3.76. The Balaban J connectivity index is 2.02. The standard InChI is InChI=1S/C15H26N4O/c1-10(2)20-15-13(16)5-6-14(18-15)17-12-7-8-19(4)11(3)9-12/h5-6,10-12H,7-9,16H2,1-4H3,(H,17,18). The van der Waals surface area contributed by atoms with Crippen molar-refractivity contribution in [3.63, 3.8) is 0 Å². The average Bonchev–Trinajstić information content (AvgIpc) is 2.37. The Morgan fingerprint density at radius 3 is 2.85 bits per heavy atom. The van der Waals surface area contributed by atoms with Crippen molar-refractivity contribution in [1.82, 2.24) is 9.88 Å². The normalized spacial score (nSPS) is 23.9. The van der Waals surface area contributed by atoms with Crippen molar-refractivity contribution in [2.75, 3.05) is 24.6 Å². The van der Waals surface area contributed by atoms with E-state index >= 15 is 0 Å². The van der Waals surface area contributed by atoms with Crippen molar-refractivity contribution < 1.29 is 4.74 Å². The molecule has 0 radical (unpaired) electrons. The summed E-state index contributed by atoms with van der Waals surface area (Å²) in [4.78, 5) is 6.87. The van der Waals surface area contributed by atoms with Gasteiger partial charge in [0, 0.05) is 18.6 Å². The first-order valence-electron chi connectivity index (χ1n) is 7.35. The molecular formula is C15H26N4O. The van der Waals surface area contributed by atoms with Crippen LogP contribution in [0.15, 0.2) is 12.1 Å². The Labute approximate surface area is 121 Å². The van der Waals surface area contributed by atoms with Crippen LogP contribution >= 0.6 is 0 Å². The molecule has 0 saturated carbocycles. The summed E-state index contributed by atoms with van der Waals surface area (Å²) in [7, 11) is 2.18. The fourth-order valence-electron chi connectivity index (χ4n) is 2.48. The van der Waals surface area contributed by atoms with E-state index in [2.05, 4.69) is 29.2 Å². The quantitative estimate of drug-likeness (QED) is 0.885. The molecule has 0 spiro atoms. The third-order valence-electron chi connectivity index (χ3n) is 3.80. The predicted octanol–water partition coefficient (Wildman–Crippen LogP) is 2.35. The maximum absolute atomic E-state index is 5.89. The molecule has 2 rings (SSSR count). The van der Waals surface area contributed by atoms with Gasteiger partial charge < -0.3 is 20.7 Å². The number of likely N-dealkylation sites (tertiary alicyclic amines) is 1. The van der Waals surface area contributed by atoms with E-state index in [1.54, 1.807) is 0 Å². The molecule has 0 amide bonds. The molecule has 1 aliphatic heterocycles. The van der Waals surface area contributed by atoms with Gasteiger partial charge in [0.2, 0.25) is 5.88 Å². The van der Waals surface area contributed by atoms with Crippen LogP contribution in [-0.4, -0.2) is 41.7 Å². The first-order valence-corrected chi connectivity index (χ1v) is 7.35. The summed E-state index contributed by atoms with van der Waals surface area (Å²) in [5.74, 6) is 1.36. The third-order valence-corrected chi connectivity index (χ3v) is 3.80. The van der Waals surface area contributed by atoms with Gasteiger partial charge in [-0.25, -0.2) is 0 Å². The van der Waals surface area contributed by atoms with Gasteiger partial charge in [0.1, 0.15) is 5.82 Å². The van der Waals surface area contributed by atoms with Crippen LogP contribution < -0.4 is 15.8 Å². The minimum absolute atomic E-state index is 0.0726. The van der Waals surface area contributed by atoms with Crippen LogP contribution in [0, 0.1) is 0 Å². The van der Waals surface area contributed by atoms with Gasteiger partial charge in [-0.1, -0.05) is 0 Å². The Kier molecular flexibility index (Phi) is 4.70. The summed E-state index contributed by atoms with van der Waals surface area (Å²) in [6.45, 7) is 7.32. The highest BCUT2D eigenvalue weighted by Gasteiger charge is 2.23. The molecule has 0 aliphatic carbocycles. The van der Waals surface area contributed by atoms with Gasteiger partial charge in [-0.05, 0) is 52.8 Å². The number of hydrogen-bond acceptors (Lipinski definition) is 5. The van der Waals surface area contributed by atoms with Crippen molar-refractivity contribution >= 4 is 11.5 Å². The van der Waals surface area contributed by atoms with E-state index in [-0.39, 0.29) is 6.10 Å². The number of pyridine rings is 1. The molecule has 3 N–H and O–H groups in total. The fraction of sp³-hybridized carbons (Fsp3) is 0.667. The monoisotopic (exact) mass is 278 g/mol. The summed E-state index contributed by atoms with van der Waals surface area (Å²) in [5, 5.41) is 3.50. The highest BCUT2D eigenvalue weighted by molar-refractivity contribution is 5.54. The molecule has 0 bridgehead atoms. The molecule has 20 heavy (non-hydrogen) atoms. The van der Waals surface area contributed by atoms with Crippen LogP contribution in [0.2, 0.25) is 0 Å². The van der Waals surface area contributed by atoms with Crippen LogP contribution in [0.3, 0.4) is 0 Å². The molecule has 1 aliphatic rings. The summed E-state index contributed by atoms with van der Waals surface area (Å²) < 4.78 is 5.63. The lowest BCUT2D eigenvalue weighted by atomic mass is 9.99. The predicted molar refractivity (Wildman–Crippen MR) is 83.2 cm³/mol. The summed E-state index contributed by atoms with van der Waals surface area (Å²) in [6.07, 6.45) is 2.33. The first kappa shape index (κ1) is 14.9. The lowest BCUT2D eigenvalue weighted by molar-refractivity contribution is 0.190.